The molecule has 152 valence electrons. The van der Waals surface area contributed by atoms with E-state index < -0.39 is 11.7 Å². The van der Waals surface area contributed by atoms with Crippen LogP contribution in [-0.2, 0) is 0 Å². The van der Waals surface area contributed by atoms with Gasteiger partial charge in [-0.25, -0.2) is 9.37 Å². The minimum absolute atomic E-state index is 0.109. The SMILES string of the molecule is N=C/C=N\Nc1ccc(Nc2nc(NC3CCCCC3)ncc2C(N)=O)cc1F. The van der Waals surface area contributed by atoms with Gasteiger partial charge >= 0.3 is 0 Å². The summed E-state index contributed by atoms with van der Waals surface area (Å²) in [5.41, 5.74) is 8.56. The molecule has 0 bridgehead atoms. The molecule has 3 rings (SSSR count). The lowest BCUT2D eigenvalue weighted by Gasteiger charge is -2.23. The van der Waals surface area contributed by atoms with E-state index >= 15 is 0 Å². The van der Waals surface area contributed by atoms with Gasteiger partial charge in [0.2, 0.25) is 5.95 Å². The van der Waals surface area contributed by atoms with Gasteiger partial charge in [-0.2, -0.15) is 10.1 Å². The van der Waals surface area contributed by atoms with Gasteiger partial charge in [-0.05, 0) is 31.0 Å². The maximum atomic E-state index is 14.3. The van der Waals surface area contributed by atoms with Crippen LogP contribution in [0.5, 0.6) is 0 Å². The second-order valence-corrected chi connectivity index (χ2v) is 6.68. The molecule has 0 atom stereocenters. The number of amides is 1. The first-order chi connectivity index (χ1) is 14.1. The zero-order chi connectivity index (χ0) is 20.6. The monoisotopic (exact) mass is 398 g/mol. The number of nitrogens with one attached hydrogen (secondary N) is 4. The summed E-state index contributed by atoms with van der Waals surface area (Å²) < 4.78 is 14.3. The fraction of sp³-hybridized carbons (Fsp3) is 0.316. The molecule has 0 aliphatic heterocycles. The molecule has 0 saturated heterocycles. The average Bonchev–Trinajstić information content (AvgIpc) is 2.70. The molecule has 29 heavy (non-hydrogen) atoms. The van der Waals surface area contributed by atoms with E-state index in [1.165, 1.54) is 31.0 Å². The van der Waals surface area contributed by atoms with Crippen molar-refractivity contribution in [3.05, 3.63) is 35.8 Å². The van der Waals surface area contributed by atoms with Crippen molar-refractivity contribution in [1.29, 1.82) is 5.41 Å². The average molecular weight is 398 g/mol. The fourth-order valence-corrected chi connectivity index (χ4v) is 3.12. The summed E-state index contributed by atoms with van der Waals surface area (Å²) in [7, 11) is 0. The van der Waals surface area contributed by atoms with Crippen LogP contribution >= 0.6 is 0 Å². The second kappa shape index (κ2) is 9.58. The summed E-state index contributed by atoms with van der Waals surface area (Å²) in [6.07, 6.45) is 9.16. The number of anilines is 4. The molecule has 9 nitrogen and oxygen atoms in total. The van der Waals surface area contributed by atoms with Gasteiger partial charge in [-0.15, -0.1) is 0 Å². The van der Waals surface area contributed by atoms with Crippen molar-refractivity contribution in [3.63, 3.8) is 0 Å². The number of carbonyl (C=O) groups is 1. The molecule has 6 N–H and O–H groups in total. The summed E-state index contributed by atoms with van der Waals surface area (Å²) in [4.78, 5) is 20.3. The van der Waals surface area contributed by atoms with Crippen molar-refractivity contribution in [3.8, 4) is 0 Å². The number of aromatic nitrogens is 2. The first kappa shape index (κ1) is 20.2. The van der Waals surface area contributed by atoms with Gasteiger partial charge in [0.05, 0.1) is 11.9 Å². The second-order valence-electron chi connectivity index (χ2n) is 6.68. The number of nitrogens with zero attached hydrogens (tertiary/aromatic N) is 3. The van der Waals surface area contributed by atoms with Crippen molar-refractivity contribution >= 4 is 41.5 Å². The first-order valence-electron chi connectivity index (χ1n) is 9.35. The van der Waals surface area contributed by atoms with Crippen LogP contribution in [0.15, 0.2) is 29.5 Å². The quantitative estimate of drug-likeness (QED) is 0.341. The normalized spacial score (nSPS) is 14.5. The van der Waals surface area contributed by atoms with Crippen LogP contribution in [0.1, 0.15) is 42.5 Å². The molecule has 0 spiro atoms. The molecule has 1 saturated carbocycles. The summed E-state index contributed by atoms with van der Waals surface area (Å²) >= 11 is 0. The molecule has 1 aliphatic carbocycles. The number of rotatable bonds is 8. The Morgan fingerprint density at radius 1 is 1.31 bits per heavy atom. The van der Waals surface area contributed by atoms with Crippen LogP contribution in [0.4, 0.5) is 27.5 Å². The van der Waals surface area contributed by atoms with E-state index in [0.29, 0.717) is 17.7 Å². The highest BCUT2D eigenvalue weighted by Gasteiger charge is 2.17. The van der Waals surface area contributed by atoms with Crippen LogP contribution in [0, 0.1) is 11.2 Å². The molecule has 1 amide bonds. The maximum absolute atomic E-state index is 14.3. The topological polar surface area (TPSA) is 141 Å². The summed E-state index contributed by atoms with van der Waals surface area (Å²) in [6.45, 7) is 0. The number of hydrazone groups is 1. The highest BCUT2D eigenvalue weighted by molar-refractivity contribution is 6.14. The summed E-state index contributed by atoms with van der Waals surface area (Å²) in [5, 5.41) is 16.8. The Morgan fingerprint density at radius 3 is 2.79 bits per heavy atom. The Hall–Kier alpha value is -3.56. The number of benzene rings is 1. The smallest absolute Gasteiger partial charge is 0.254 e. The van der Waals surface area contributed by atoms with Crippen molar-refractivity contribution in [2.75, 3.05) is 16.1 Å². The van der Waals surface area contributed by atoms with Crippen LogP contribution in [0.25, 0.3) is 0 Å². The Bertz CT molecular complexity index is 911. The molecule has 0 unspecified atom stereocenters. The van der Waals surface area contributed by atoms with Crippen LogP contribution < -0.4 is 21.8 Å². The van der Waals surface area contributed by atoms with E-state index in [1.807, 2.05) is 0 Å². The standard InChI is InChI=1S/C19H23FN8O/c20-15-10-13(6-7-16(15)28-24-9-8-21)25-18-14(17(22)29)11-23-19(27-18)26-12-4-2-1-3-5-12/h6-12,21,28H,1-5H2,(H2,22,29)(H2,23,25,26,27)/b21-8?,24-9-. The van der Waals surface area contributed by atoms with Crippen molar-refractivity contribution in [2.45, 2.75) is 38.1 Å². The largest absolute Gasteiger partial charge is 0.365 e. The van der Waals surface area contributed by atoms with Crippen LogP contribution in [0.2, 0.25) is 0 Å². The first-order valence-corrected chi connectivity index (χ1v) is 9.35. The van der Waals surface area contributed by atoms with Gasteiger partial charge in [0.25, 0.3) is 5.91 Å². The molecule has 1 aromatic carbocycles. The minimum Gasteiger partial charge on any atom is -0.365 e. The van der Waals surface area contributed by atoms with E-state index in [-0.39, 0.29) is 17.1 Å². The molecule has 0 radical (unpaired) electrons. The molecule has 1 aliphatic rings. The predicted molar refractivity (Wildman–Crippen MR) is 112 cm³/mol. The van der Waals surface area contributed by atoms with Gasteiger partial charge in [0.1, 0.15) is 17.2 Å². The van der Waals surface area contributed by atoms with Gasteiger partial charge in [0, 0.05) is 24.1 Å². The van der Waals surface area contributed by atoms with E-state index in [2.05, 4.69) is 31.1 Å². The Kier molecular flexibility index (Phi) is 6.67. The molecule has 2 aromatic rings. The number of carbonyl (C=O) groups excluding carboxylic acids is 1. The molecular formula is C19H23FN8O. The lowest BCUT2D eigenvalue weighted by atomic mass is 9.96. The Labute approximate surface area is 167 Å². The lowest BCUT2D eigenvalue weighted by molar-refractivity contribution is 0.100. The number of hydrogen-bond acceptors (Lipinski definition) is 8. The van der Waals surface area contributed by atoms with Gasteiger partial charge < -0.3 is 21.8 Å². The van der Waals surface area contributed by atoms with Crippen LogP contribution in [0.3, 0.4) is 0 Å². The van der Waals surface area contributed by atoms with Crippen molar-refractivity contribution in [1.82, 2.24) is 9.97 Å². The van der Waals surface area contributed by atoms with Gasteiger partial charge in [-0.3, -0.25) is 10.2 Å². The van der Waals surface area contributed by atoms with E-state index in [9.17, 15) is 9.18 Å². The van der Waals surface area contributed by atoms with E-state index in [4.69, 9.17) is 11.1 Å². The number of nitrogens with two attached hydrogens (primary N) is 1. The van der Waals surface area contributed by atoms with Crippen molar-refractivity contribution < 1.29 is 9.18 Å². The van der Waals surface area contributed by atoms with Gasteiger partial charge in [-0.1, -0.05) is 19.3 Å². The molecule has 1 aromatic heterocycles. The lowest BCUT2D eigenvalue weighted by Crippen LogP contribution is -2.24. The van der Waals surface area contributed by atoms with Crippen LogP contribution in [-0.4, -0.2) is 34.3 Å². The summed E-state index contributed by atoms with van der Waals surface area (Å²) in [6, 6.07) is 4.61. The highest BCUT2D eigenvalue weighted by atomic mass is 19.1. The number of halogens is 1. The Balaban J connectivity index is 1.79. The number of primary amides is 1. The third kappa shape index (κ3) is 5.47. The van der Waals surface area contributed by atoms with Crippen molar-refractivity contribution in [2.24, 2.45) is 10.8 Å². The van der Waals surface area contributed by atoms with E-state index in [1.54, 1.807) is 6.07 Å². The fourth-order valence-electron chi connectivity index (χ4n) is 3.12. The molecule has 10 heteroatoms. The maximum Gasteiger partial charge on any atom is 0.254 e. The molecular weight excluding hydrogens is 375 g/mol. The number of hydrogen-bond donors (Lipinski definition) is 5. The predicted octanol–water partition coefficient (Wildman–Crippen LogP) is 3.25. The third-order valence-corrected chi connectivity index (χ3v) is 4.56. The third-order valence-electron chi connectivity index (χ3n) is 4.56. The summed E-state index contributed by atoms with van der Waals surface area (Å²) in [5.74, 6) is -0.652. The van der Waals surface area contributed by atoms with E-state index in [0.717, 1.165) is 31.9 Å². The Morgan fingerprint density at radius 2 is 2.10 bits per heavy atom. The minimum atomic E-state index is -0.684. The zero-order valence-corrected chi connectivity index (χ0v) is 15.8. The molecule has 1 fully saturated rings. The van der Waals surface area contributed by atoms with Gasteiger partial charge in [0.15, 0.2) is 0 Å². The highest BCUT2D eigenvalue weighted by Crippen LogP contribution is 2.25. The molecule has 1 heterocycles. The zero-order valence-electron chi connectivity index (χ0n) is 15.8.